The molecule has 0 aliphatic carbocycles. The molecule has 0 aliphatic rings. The van der Waals surface area contributed by atoms with E-state index in [1.807, 2.05) is 36.4 Å². The first kappa shape index (κ1) is 42.1. The molecule has 0 fully saturated rings. The molecule has 0 N–H and O–H groups in total. The average molecular weight is 849 g/mol. The molecule has 2 atom stereocenters. The summed E-state index contributed by atoms with van der Waals surface area (Å²) in [6.45, 7) is 8.71. The third kappa shape index (κ3) is 6.49. The SMILES string of the molecule is CCCCCCCC(CCC)n1c(=O)c2c3ccccc3c3cc4ccc5c6c(cc7ccc(c3c2c1=O)c4c75)c1ccccc1c1c(=O)n(C(CCC)CCCCCCC)c(=O)c16. The van der Waals surface area contributed by atoms with Crippen molar-refractivity contribution in [1.82, 2.24) is 9.13 Å². The van der Waals surface area contributed by atoms with Gasteiger partial charge in [0.2, 0.25) is 0 Å². The second-order valence-corrected chi connectivity index (χ2v) is 18.9. The Labute approximate surface area is 373 Å². The van der Waals surface area contributed by atoms with Crippen molar-refractivity contribution in [3.05, 3.63) is 126 Å². The fourth-order valence-electron chi connectivity index (χ4n) is 11.9. The van der Waals surface area contributed by atoms with Crippen molar-refractivity contribution in [2.45, 2.75) is 143 Å². The Bertz CT molecular complexity index is 3380. The summed E-state index contributed by atoms with van der Waals surface area (Å²) in [4.78, 5) is 60.0. The van der Waals surface area contributed by atoms with Crippen molar-refractivity contribution >= 4 is 97.0 Å². The summed E-state index contributed by atoms with van der Waals surface area (Å²) in [6.07, 6.45) is 16.2. The van der Waals surface area contributed by atoms with Crippen LogP contribution in [0.25, 0.3) is 97.0 Å². The molecule has 0 saturated heterocycles. The molecule has 8 aromatic carbocycles. The number of unbranched alkanes of at least 4 members (excludes halogenated alkanes) is 8. The molecule has 2 aromatic heterocycles. The summed E-state index contributed by atoms with van der Waals surface area (Å²) < 4.78 is 3.23. The van der Waals surface area contributed by atoms with Crippen molar-refractivity contribution in [1.29, 1.82) is 0 Å². The van der Waals surface area contributed by atoms with E-state index in [4.69, 9.17) is 0 Å². The van der Waals surface area contributed by atoms with Gasteiger partial charge >= 0.3 is 0 Å². The van der Waals surface area contributed by atoms with E-state index in [0.717, 1.165) is 140 Å². The molecule has 0 saturated carbocycles. The van der Waals surface area contributed by atoms with Crippen molar-refractivity contribution < 1.29 is 0 Å². The lowest BCUT2D eigenvalue weighted by Crippen LogP contribution is -2.30. The smallest absolute Gasteiger partial charge is 0.262 e. The number of hydrogen-bond donors (Lipinski definition) is 0. The van der Waals surface area contributed by atoms with E-state index in [1.165, 1.54) is 38.5 Å². The maximum atomic E-state index is 15.1. The predicted molar refractivity (Wildman–Crippen MR) is 273 cm³/mol. The molecule has 0 amide bonds. The molecule has 326 valence electrons. The van der Waals surface area contributed by atoms with Crippen LogP contribution in [0.5, 0.6) is 0 Å². The second-order valence-electron chi connectivity index (χ2n) is 18.9. The van der Waals surface area contributed by atoms with Crippen LogP contribution in [0.4, 0.5) is 0 Å². The normalized spacial score (nSPS) is 13.5. The van der Waals surface area contributed by atoms with Gasteiger partial charge in [-0.25, -0.2) is 0 Å². The van der Waals surface area contributed by atoms with Gasteiger partial charge in [0.15, 0.2) is 0 Å². The highest BCUT2D eigenvalue weighted by Gasteiger charge is 2.28. The molecular formula is C58H60N2O4. The molecule has 10 aromatic rings. The number of hydrogen-bond acceptors (Lipinski definition) is 4. The summed E-state index contributed by atoms with van der Waals surface area (Å²) in [5, 5.41) is 15.1. The monoisotopic (exact) mass is 848 g/mol. The third-order valence-corrected chi connectivity index (χ3v) is 14.9. The van der Waals surface area contributed by atoms with E-state index in [0.29, 0.717) is 21.5 Å². The maximum Gasteiger partial charge on any atom is 0.262 e. The van der Waals surface area contributed by atoms with Crippen LogP contribution in [0.3, 0.4) is 0 Å². The second kappa shape index (κ2) is 17.3. The van der Waals surface area contributed by atoms with Gasteiger partial charge in [0.25, 0.3) is 22.2 Å². The van der Waals surface area contributed by atoms with Crippen LogP contribution in [0.15, 0.2) is 104 Å². The predicted octanol–water partition coefficient (Wildman–Crippen LogP) is 14.8. The average Bonchev–Trinajstić information content (AvgIpc) is 3.73. The summed E-state index contributed by atoms with van der Waals surface area (Å²) in [5.41, 5.74) is -0.744. The van der Waals surface area contributed by atoms with Gasteiger partial charge in [0.1, 0.15) is 0 Å². The molecular weight excluding hydrogens is 789 g/mol. The highest BCUT2D eigenvalue weighted by atomic mass is 16.2. The minimum Gasteiger partial charge on any atom is -0.271 e. The van der Waals surface area contributed by atoms with E-state index in [2.05, 4.69) is 76.2 Å². The molecule has 2 unspecified atom stereocenters. The quantitative estimate of drug-likeness (QED) is 0.0489. The van der Waals surface area contributed by atoms with E-state index in [9.17, 15) is 9.59 Å². The van der Waals surface area contributed by atoms with Gasteiger partial charge in [0, 0.05) is 22.9 Å². The lowest BCUT2D eigenvalue weighted by molar-refractivity contribution is 0.397. The first-order valence-corrected chi connectivity index (χ1v) is 24.6. The molecule has 0 spiro atoms. The zero-order chi connectivity index (χ0) is 44.2. The van der Waals surface area contributed by atoms with Crippen molar-refractivity contribution in [2.75, 3.05) is 0 Å². The van der Waals surface area contributed by atoms with Crippen LogP contribution >= 0.6 is 0 Å². The minimum atomic E-state index is -0.191. The number of fused-ring (bicyclic) bond motifs is 14. The van der Waals surface area contributed by atoms with Gasteiger partial charge in [0.05, 0.1) is 21.5 Å². The lowest BCUT2D eigenvalue weighted by atomic mass is 9.85. The Morgan fingerprint density at radius 3 is 1.09 bits per heavy atom. The zero-order valence-corrected chi connectivity index (χ0v) is 38.1. The number of rotatable bonds is 18. The van der Waals surface area contributed by atoms with E-state index in [1.54, 1.807) is 9.13 Å². The van der Waals surface area contributed by atoms with E-state index < -0.39 is 0 Å². The van der Waals surface area contributed by atoms with E-state index >= 15 is 9.59 Å². The fraction of sp³-hybridized carbons (Fsp3) is 0.379. The van der Waals surface area contributed by atoms with Crippen LogP contribution in [0.1, 0.15) is 143 Å². The Morgan fingerprint density at radius 1 is 0.328 bits per heavy atom. The van der Waals surface area contributed by atoms with Crippen LogP contribution in [-0.2, 0) is 0 Å². The van der Waals surface area contributed by atoms with Gasteiger partial charge < -0.3 is 0 Å². The third-order valence-electron chi connectivity index (χ3n) is 14.9. The van der Waals surface area contributed by atoms with Crippen molar-refractivity contribution in [3.63, 3.8) is 0 Å². The van der Waals surface area contributed by atoms with Crippen LogP contribution in [0.2, 0.25) is 0 Å². The summed E-state index contributed by atoms with van der Waals surface area (Å²) >= 11 is 0. The fourth-order valence-corrected chi connectivity index (χ4v) is 11.9. The summed E-state index contributed by atoms with van der Waals surface area (Å²) in [5.74, 6) is 0. The van der Waals surface area contributed by atoms with Gasteiger partial charge in [-0.3, -0.25) is 28.3 Å². The largest absolute Gasteiger partial charge is 0.271 e. The topological polar surface area (TPSA) is 78.1 Å². The number of aromatic nitrogens is 2. The van der Waals surface area contributed by atoms with Crippen LogP contribution in [0, 0.1) is 0 Å². The molecule has 0 bridgehead atoms. The first-order valence-electron chi connectivity index (χ1n) is 24.6. The Morgan fingerprint density at radius 2 is 0.703 bits per heavy atom. The lowest BCUT2D eigenvalue weighted by Gasteiger charge is -2.17. The highest BCUT2D eigenvalue weighted by Crippen LogP contribution is 2.47. The molecule has 6 nitrogen and oxygen atoms in total. The van der Waals surface area contributed by atoms with Crippen molar-refractivity contribution in [3.8, 4) is 0 Å². The standard InChI is InChI=1S/C58H60N2O4/c1-5-9-11-13-15-23-37(21-7-3)59-55(61)51-41-27-19-17-25-39(41)45-33-35-30-32-44-48-36(29-31-43(47(35)48)49(45)53(51)57(59)63)34-46-40-26-18-20-28-42(40)52-54(50(44)46)58(64)60(56(52)62)38(22-8-4)24-16-14-12-10-6-2/h17-20,25-34,37-38H,5-16,21-24H2,1-4H3. The summed E-state index contributed by atoms with van der Waals surface area (Å²) in [7, 11) is 0. The summed E-state index contributed by atoms with van der Waals surface area (Å²) in [6, 6.07) is 28.8. The molecule has 10 rings (SSSR count). The Kier molecular flexibility index (Phi) is 11.3. The zero-order valence-electron chi connectivity index (χ0n) is 38.1. The number of nitrogens with zero attached hydrogens (tertiary/aromatic N) is 2. The van der Waals surface area contributed by atoms with Gasteiger partial charge in [-0.2, -0.15) is 0 Å². The first-order chi connectivity index (χ1) is 31.3. The Balaban J connectivity index is 1.28. The van der Waals surface area contributed by atoms with E-state index in [-0.39, 0.29) is 34.3 Å². The van der Waals surface area contributed by atoms with Gasteiger partial charge in [-0.1, -0.05) is 178 Å². The molecule has 2 heterocycles. The maximum absolute atomic E-state index is 15.1. The molecule has 0 radical (unpaired) electrons. The molecule has 64 heavy (non-hydrogen) atoms. The highest BCUT2D eigenvalue weighted by molar-refractivity contribution is 6.42. The van der Waals surface area contributed by atoms with Gasteiger partial charge in [-0.15, -0.1) is 0 Å². The van der Waals surface area contributed by atoms with Crippen LogP contribution < -0.4 is 22.2 Å². The van der Waals surface area contributed by atoms with Crippen molar-refractivity contribution in [2.24, 2.45) is 0 Å². The molecule has 6 heteroatoms. The van der Waals surface area contributed by atoms with Gasteiger partial charge in [-0.05, 0) is 102 Å². The minimum absolute atomic E-state index is 0.159. The van der Waals surface area contributed by atoms with Crippen LogP contribution in [-0.4, -0.2) is 9.13 Å². The number of benzene rings is 8. The molecule has 0 aliphatic heterocycles. The Hall–Kier alpha value is -5.88.